The highest BCUT2D eigenvalue weighted by Crippen LogP contribution is 2.31. The second-order valence-electron chi connectivity index (χ2n) is 18.6. The molecule has 0 bridgehead atoms. The summed E-state index contributed by atoms with van der Waals surface area (Å²) in [5.41, 5.74) is 1.20. The Morgan fingerprint density at radius 2 is 0.672 bits per heavy atom. The van der Waals surface area contributed by atoms with Gasteiger partial charge in [-0.05, 0) is 25.0 Å². The smallest absolute Gasteiger partial charge is 0.140 e. The van der Waals surface area contributed by atoms with Gasteiger partial charge in [-0.1, -0.05) is 251 Å². The first-order chi connectivity index (χ1) is 30.1. The second-order valence-corrected chi connectivity index (χ2v) is 18.6. The van der Waals surface area contributed by atoms with Gasteiger partial charge in [0.1, 0.15) is 11.4 Å². The Balaban J connectivity index is 1.94. The van der Waals surface area contributed by atoms with E-state index in [0.29, 0.717) is 31.1 Å². The molecule has 0 radical (unpaired) electrons. The number of unbranched alkanes of at least 4 members (excludes halogenated alkanes) is 36. The third-order valence-corrected chi connectivity index (χ3v) is 12.5. The molecule has 0 amide bonds. The quantitative estimate of drug-likeness (QED) is 0.0328. The van der Waals surface area contributed by atoms with Gasteiger partial charge in [-0.15, -0.1) is 0 Å². The molecule has 7 heteroatoms. The van der Waals surface area contributed by atoms with Crippen molar-refractivity contribution < 1.29 is 24.8 Å². The van der Waals surface area contributed by atoms with Crippen molar-refractivity contribution in [1.29, 1.82) is 0 Å². The average Bonchev–Trinajstić information content (AvgIpc) is 3.26. The number of anilines is 2. The van der Waals surface area contributed by atoms with E-state index in [1.165, 1.54) is 231 Å². The van der Waals surface area contributed by atoms with Gasteiger partial charge in [-0.2, -0.15) is 0 Å². The van der Waals surface area contributed by atoms with E-state index in [-0.39, 0.29) is 25.5 Å². The Kier molecular flexibility index (Phi) is 43.8. The molecule has 1 aromatic carbocycles. The summed E-state index contributed by atoms with van der Waals surface area (Å²) in [5, 5.41) is 38.0. The number of nitrogens with one attached hydrogen (secondary N) is 2. The van der Waals surface area contributed by atoms with Crippen LogP contribution in [0, 0.1) is 0 Å². The molecule has 61 heavy (non-hydrogen) atoms. The number of benzene rings is 1. The molecule has 5 N–H and O–H groups in total. The topological polar surface area (TPSA) is 103 Å². The van der Waals surface area contributed by atoms with E-state index in [1.807, 2.05) is 6.07 Å². The Morgan fingerprint density at radius 1 is 0.393 bits per heavy atom. The number of phenols is 1. The van der Waals surface area contributed by atoms with Crippen molar-refractivity contribution in [3.8, 4) is 5.75 Å². The van der Waals surface area contributed by atoms with E-state index in [0.717, 1.165) is 12.8 Å². The molecule has 0 aromatic heterocycles. The van der Waals surface area contributed by atoms with Crippen molar-refractivity contribution in [3.05, 3.63) is 18.2 Å². The van der Waals surface area contributed by atoms with Crippen LogP contribution in [0.2, 0.25) is 0 Å². The molecule has 0 aliphatic heterocycles. The summed E-state index contributed by atoms with van der Waals surface area (Å²) in [7, 11) is 0. The number of hydrogen-bond acceptors (Lipinski definition) is 7. The molecular weight excluding hydrogens is 757 g/mol. The largest absolute Gasteiger partial charge is 0.506 e. The van der Waals surface area contributed by atoms with Crippen LogP contribution in [0.5, 0.6) is 5.75 Å². The Bertz CT molecular complexity index is 1010. The SMILES string of the molecule is CCCCCCCCCCCCCCCCCCCCCOCC(O)CNc1cccc(O)c1NCC(O)COCCCCCCCCCCCCCCCCCCCCC. The number of aliphatic hydroxyl groups is 2. The minimum absolute atomic E-state index is 0.0993. The molecule has 7 nitrogen and oxygen atoms in total. The number of rotatable bonds is 50. The summed E-state index contributed by atoms with van der Waals surface area (Å²) < 4.78 is 11.5. The van der Waals surface area contributed by atoms with E-state index >= 15 is 0 Å². The highest BCUT2D eigenvalue weighted by atomic mass is 16.5. The van der Waals surface area contributed by atoms with Gasteiger partial charge in [-0.25, -0.2) is 0 Å². The molecule has 1 rings (SSSR count). The number of phenolic OH excluding ortho intramolecular Hbond substituents is 1. The van der Waals surface area contributed by atoms with Crippen LogP contribution in [0.3, 0.4) is 0 Å². The zero-order valence-electron chi connectivity index (χ0n) is 40.7. The first-order valence-corrected chi connectivity index (χ1v) is 26.9. The lowest BCUT2D eigenvalue weighted by Crippen LogP contribution is -2.27. The lowest BCUT2D eigenvalue weighted by atomic mass is 10.0. The fraction of sp³-hybridized carbons (Fsp3) is 0.889. The molecule has 1 aromatic rings. The van der Waals surface area contributed by atoms with Gasteiger partial charge in [0.2, 0.25) is 0 Å². The Morgan fingerprint density at radius 3 is 0.984 bits per heavy atom. The molecular formula is C54H104N2O5. The first kappa shape index (κ1) is 57.5. The molecule has 0 saturated carbocycles. The summed E-state index contributed by atoms with van der Waals surface area (Å²) in [4.78, 5) is 0. The Labute approximate surface area is 379 Å². The van der Waals surface area contributed by atoms with Gasteiger partial charge in [0.25, 0.3) is 0 Å². The van der Waals surface area contributed by atoms with E-state index in [2.05, 4.69) is 24.5 Å². The molecule has 0 aliphatic carbocycles. The molecule has 2 atom stereocenters. The maximum Gasteiger partial charge on any atom is 0.140 e. The second kappa shape index (κ2) is 46.5. The van der Waals surface area contributed by atoms with Crippen LogP contribution in [0.15, 0.2) is 18.2 Å². The van der Waals surface area contributed by atoms with Crippen molar-refractivity contribution in [2.45, 2.75) is 270 Å². The summed E-state index contributed by atoms with van der Waals surface area (Å²) in [5.74, 6) is 0.0993. The van der Waals surface area contributed by atoms with E-state index in [4.69, 9.17) is 9.47 Å². The summed E-state index contributed by atoms with van der Waals surface area (Å²) in [6.07, 6.45) is 50.6. The van der Waals surface area contributed by atoms with Gasteiger partial charge < -0.3 is 35.4 Å². The van der Waals surface area contributed by atoms with Crippen molar-refractivity contribution in [2.75, 3.05) is 50.2 Å². The van der Waals surface area contributed by atoms with Crippen LogP contribution >= 0.6 is 0 Å². The lowest BCUT2D eigenvalue weighted by Gasteiger charge is -2.19. The van der Waals surface area contributed by atoms with Gasteiger partial charge in [-0.3, -0.25) is 0 Å². The molecule has 0 heterocycles. The molecule has 0 spiro atoms. The van der Waals surface area contributed by atoms with Crippen LogP contribution in [0.25, 0.3) is 0 Å². The van der Waals surface area contributed by atoms with E-state index in [9.17, 15) is 15.3 Å². The maximum absolute atomic E-state index is 10.5. The van der Waals surface area contributed by atoms with Gasteiger partial charge in [0, 0.05) is 26.3 Å². The molecule has 0 saturated heterocycles. The summed E-state index contributed by atoms with van der Waals surface area (Å²) in [6, 6.07) is 5.25. The van der Waals surface area contributed by atoms with Crippen molar-refractivity contribution >= 4 is 11.4 Å². The summed E-state index contributed by atoms with van der Waals surface area (Å²) in [6.45, 7) is 7.03. The molecule has 360 valence electrons. The highest BCUT2D eigenvalue weighted by Gasteiger charge is 2.12. The zero-order valence-corrected chi connectivity index (χ0v) is 40.7. The van der Waals surface area contributed by atoms with Crippen LogP contribution in [0.1, 0.15) is 258 Å². The zero-order chi connectivity index (χ0) is 43.9. The number of aromatic hydroxyl groups is 1. The summed E-state index contributed by atoms with van der Waals surface area (Å²) >= 11 is 0. The van der Waals surface area contributed by atoms with E-state index < -0.39 is 12.2 Å². The highest BCUT2D eigenvalue weighted by molar-refractivity contribution is 5.75. The first-order valence-electron chi connectivity index (χ1n) is 26.9. The Hall–Kier alpha value is -1.54. The normalized spacial score (nSPS) is 12.6. The standard InChI is InChI=1S/C54H104N2O5/c1-3-5-7-9-11-13-15-17-19-21-23-25-27-29-31-33-35-37-39-44-60-48-50(57)46-55-52-42-41-43-53(59)54(52)56-47-51(58)49-61-45-40-38-36-34-32-30-28-26-24-22-20-18-16-14-12-10-8-6-4-2/h41-43,50-51,55-59H,3-40,44-49H2,1-2H3. The minimum atomic E-state index is -0.684. The number of hydrogen-bond donors (Lipinski definition) is 5. The average molecular weight is 861 g/mol. The molecule has 2 unspecified atom stereocenters. The van der Waals surface area contributed by atoms with Gasteiger partial charge >= 0.3 is 0 Å². The monoisotopic (exact) mass is 861 g/mol. The van der Waals surface area contributed by atoms with Gasteiger partial charge in [0.15, 0.2) is 0 Å². The fourth-order valence-corrected chi connectivity index (χ4v) is 8.44. The van der Waals surface area contributed by atoms with Crippen LogP contribution in [-0.2, 0) is 9.47 Å². The number of aliphatic hydroxyl groups excluding tert-OH is 2. The van der Waals surface area contributed by atoms with Crippen LogP contribution in [-0.4, -0.2) is 67.0 Å². The predicted octanol–water partition coefficient (Wildman–Crippen LogP) is 15.8. The van der Waals surface area contributed by atoms with Crippen molar-refractivity contribution in [1.82, 2.24) is 0 Å². The fourth-order valence-electron chi connectivity index (χ4n) is 8.44. The van der Waals surface area contributed by atoms with Crippen LogP contribution < -0.4 is 10.6 Å². The predicted molar refractivity (Wildman–Crippen MR) is 266 cm³/mol. The number of ether oxygens (including phenoxy) is 2. The third-order valence-electron chi connectivity index (χ3n) is 12.5. The van der Waals surface area contributed by atoms with Crippen LogP contribution in [0.4, 0.5) is 11.4 Å². The molecule has 0 fully saturated rings. The minimum Gasteiger partial charge on any atom is -0.506 e. The third kappa shape index (κ3) is 39.8. The van der Waals surface area contributed by atoms with Crippen molar-refractivity contribution in [3.63, 3.8) is 0 Å². The molecule has 0 aliphatic rings. The van der Waals surface area contributed by atoms with Gasteiger partial charge in [0.05, 0.1) is 31.1 Å². The van der Waals surface area contributed by atoms with Crippen molar-refractivity contribution in [2.24, 2.45) is 0 Å². The lowest BCUT2D eigenvalue weighted by molar-refractivity contribution is 0.0414. The maximum atomic E-state index is 10.5. The van der Waals surface area contributed by atoms with E-state index in [1.54, 1.807) is 12.1 Å². The number of para-hydroxylation sites is 1.